The molecular weight excluding hydrogens is 176 g/mol. The summed E-state index contributed by atoms with van der Waals surface area (Å²) in [5.41, 5.74) is 5.50. The molecule has 1 aromatic rings. The van der Waals surface area contributed by atoms with E-state index in [1.165, 1.54) is 19.3 Å². The van der Waals surface area contributed by atoms with Crippen LogP contribution >= 0.6 is 0 Å². The van der Waals surface area contributed by atoms with Crippen molar-refractivity contribution in [3.63, 3.8) is 0 Å². The number of aromatic nitrogens is 2. The highest BCUT2D eigenvalue weighted by Crippen LogP contribution is 2.21. The van der Waals surface area contributed by atoms with Gasteiger partial charge in [-0.15, -0.1) is 0 Å². The number of hydrogen-bond acceptors (Lipinski definition) is 4. The van der Waals surface area contributed by atoms with Crippen LogP contribution in [0.15, 0.2) is 12.4 Å². The Hall–Kier alpha value is -1.32. The van der Waals surface area contributed by atoms with Gasteiger partial charge in [-0.25, -0.2) is 9.97 Å². The van der Waals surface area contributed by atoms with E-state index in [0.717, 1.165) is 12.4 Å². The summed E-state index contributed by atoms with van der Waals surface area (Å²) in [5, 5.41) is 0. The first-order valence-electron chi connectivity index (χ1n) is 5.11. The number of nitrogens with zero attached hydrogens (tertiary/aromatic N) is 3. The zero-order valence-electron chi connectivity index (χ0n) is 8.48. The van der Waals surface area contributed by atoms with Crippen LogP contribution in [0, 0.1) is 0 Å². The molecule has 1 fully saturated rings. The lowest BCUT2D eigenvalue weighted by molar-refractivity contribution is 0.481. The minimum Gasteiger partial charge on any atom is -0.382 e. The highest BCUT2D eigenvalue weighted by molar-refractivity contribution is 5.40. The minimum atomic E-state index is 0.485. The SMILES string of the molecule is CC1CCCCN1c1cnc(N)cn1. The van der Waals surface area contributed by atoms with Crippen LogP contribution in [-0.2, 0) is 0 Å². The van der Waals surface area contributed by atoms with E-state index in [9.17, 15) is 0 Å². The summed E-state index contributed by atoms with van der Waals surface area (Å²) >= 11 is 0. The van der Waals surface area contributed by atoms with E-state index in [2.05, 4.69) is 21.8 Å². The van der Waals surface area contributed by atoms with Crippen LogP contribution in [0.2, 0.25) is 0 Å². The van der Waals surface area contributed by atoms with E-state index < -0.39 is 0 Å². The molecule has 1 aliphatic rings. The smallest absolute Gasteiger partial charge is 0.147 e. The number of piperidine rings is 1. The fraction of sp³-hybridized carbons (Fsp3) is 0.600. The third-order valence-electron chi connectivity index (χ3n) is 2.76. The number of nitrogens with two attached hydrogens (primary N) is 1. The molecule has 2 N–H and O–H groups in total. The topological polar surface area (TPSA) is 55.0 Å². The molecule has 0 bridgehead atoms. The van der Waals surface area contributed by atoms with Gasteiger partial charge in [-0.2, -0.15) is 0 Å². The van der Waals surface area contributed by atoms with E-state index in [1.807, 2.05) is 0 Å². The molecule has 1 unspecified atom stereocenters. The first kappa shape index (κ1) is 9.24. The molecule has 1 atom stereocenters. The lowest BCUT2D eigenvalue weighted by Crippen LogP contribution is -2.38. The van der Waals surface area contributed by atoms with Gasteiger partial charge < -0.3 is 10.6 Å². The van der Waals surface area contributed by atoms with Crippen LogP contribution in [-0.4, -0.2) is 22.6 Å². The Morgan fingerprint density at radius 2 is 2.21 bits per heavy atom. The fourth-order valence-corrected chi connectivity index (χ4v) is 1.92. The average Bonchev–Trinajstić information content (AvgIpc) is 2.20. The molecule has 1 saturated heterocycles. The molecule has 2 rings (SSSR count). The molecule has 0 amide bonds. The van der Waals surface area contributed by atoms with E-state index in [4.69, 9.17) is 5.73 Å². The van der Waals surface area contributed by atoms with Gasteiger partial charge in [0.15, 0.2) is 0 Å². The maximum atomic E-state index is 5.50. The van der Waals surface area contributed by atoms with E-state index >= 15 is 0 Å². The Balaban J connectivity index is 2.16. The zero-order chi connectivity index (χ0) is 9.97. The molecule has 76 valence electrons. The number of nitrogen functional groups attached to an aromatic ring is 1. The largest absolute Gasteiger partial charge is 0.382 e. The maximum Gasteiger partial charge on any atom is 0.147 e. The summed E-state index contributed by atoms with van der Waals surface area (Å²) in [6, 6.07) is 0.571. The van der Waals surface area contributed by atoms with Crippen LogP contribution in [0.3, 0.4) is 0 Å². The van der Waals surface area contributed by atoms with Gasteiger partial charge in [0.1, 0.15) is 11.6 Å². The molecule has 4 heteroatoms. The molecule has 0 aliphatic carbocycles. The molecule has 0 radical (unpaired) electrons. The first-order valence-corrected chi connectivity index (χ1v) is 5.11. The molecule has 2 heterocycles. The number of rotatable bonds is 1. The van der Waals surface area contributed by atoms with Gasteiger partial charge in [-0.1, -0.05) is 0 Å². The molecule has 14 heavy (non-hydrogen) atoms. The van der Waals surface area contributed by atoms with Crippen LogP contribution in [0.4, 0.5) is 11.6 Å². The van der Waals surface area contributed by atoms with Crippen molar-refractivity contribution in [2.45, 2.75) is 32.2 Å². The van der Waals surface area contributed by atoms with E-state index in [0.29, 0.717) is 11.9 Å². The quantitative estimate of drug-likeness (QED) is 0.731. The first-order chi connectivity index (χ1) is 6.77. The summed E-state index contributed by atoms with van der Waals surface area (Å²) in [6.45, 7) is 3.32. The van der Waals surface area contributed by atoms with Gasteiger partial charge in [0, 0.05) is 12.6 Å². The number of hydrogen-bond donors (Lipinski definition) is 1. The Morgan fingerprint density at radius 3 is 2.86 bits per heavy atom. The van der Waals surface area contributed by atoms with E-state index in [-0.39, 0.29) is 0 Å². The van der Waals surface area contributed by atoms with Crippen molar-refractivity contribution in [2.24, 2.45) is 0 Å². The summed E-state index contributed by atoms with van der Waals surface area (Å²) < 4.78 is 0. The lowest BCUT2D eigenvalue weighted by Gasteiger charge is -2.34. The van der Waals surface area contributed by atoms with Crippen molar-refractivity contribution in [2.75, 3.05) is 17.2 Å². The fourth-order valence-electron chi connectivity index (χ4n) is 1.92. The molecule has 1 aliphatic heterocycles. The molecular formula is C10H16N4. The van der Waals surface area contributed by atoms with Crippen molar-refractivity contribution in [3.05, 3.63) is 12.4 Å². The Kier molecular flexibility index (Phi) is 2.52. The van der Waals surface area contributed by atoms with Gasteiger partial charge in [0.2, 0.25) is 0 Å². The predicted octanol–water partition coefficient (Wildman–Crippen LogP) is 1.44. The third-order valence-corrected chi connectivity index (χ3v) is 2.76. The van der Waals surface area contributed by atoms with Gasteiger partial charge in [0.25, 0.3) is 0 Å². The second kappa shape index (κ2) is 3.82. The second-order valence-corrected chi connectivity index (χ2v) is 3.84. The number of anilines is 2. The second-order valence-electron chi connectivity index (χ2n) is 3.84. The molecule has 0 saturated carbocycles. The molecule has 1 aromatic heterocycles. The van der Waals surface area contributed by atoms with E-state index in [1.54, 1.807) is 12.4 Å². The van der Waals surface area contributed by atoms with Crippen molar-refractivity contribution in [3.8, 4) is 0 Å². The maximum absolute atomic E-state index is 5.50. The molecule has 0 spiro atoms. The Bertz CT molecular complexity index is 295. The third kappa shape index (κ3) is 1.78. The summed E-state index contributed by atoms with van der Waals surface area (Å²) in [7, 11) is 0. The van der Waals surface area contributed by atoms with Crippen molar-refractivity contribution >= 4 is 11.6 Å². The monoisotopic (exact) mass is 192 g/mol. The summed E-state index contributed by atoms with van der Waals surface area (Å²) in [5.74, 6) is 1.44. The zero-order valence-corrected chi connectivity index (χ0v) is 8.48. The average molecular weight is 192 g/mol. The molecule has 4 nitrogen and oxygen atoms in total. The van der Waals surface area contributed by atoms with Gasteiger partial charge in [0.05, 0.1) is 12.4 Å². The Morgan fingerprint density at radius 1 is 1.36 bits per heavy atom. The van der Waals surface area contributed by atoms with Crippen LogP contribution in [0.5, 0.6) is 0 Å². The van der Waals surface area contributed by atoms with Crippen molar-refractivity contribution < 1.29 is 0 Å². The normalized spacial score (nSPS) is 22.4. The van der Waals surface area contributed by atoms with Crippen LogP contribution in [0.1, 0.15) is 26.2 Å². The summed E-state index contributed by atoms with van der Waals surface area (Å²) in [4.78, 5) is 10.7. The van der Waals surface area contributed by atoms with Gasteiger partial charge >= 0.3 is 0 Å². The highest BCUT2D eigenvalue weighted by atomic mass is 15.2. The lowest BCUT2D eigenvalue weighted by atomic mass is 10.0. The van der Waals surface area contributed by atoms with Crippen LogP contribution < -0.4 is 10.6 Å². The highest BCUT2D eigenvalue weighted by Gasteiger charge is 2.19. The molecule has 0 aromatic carbocycles. The van der Waals surface area contributed by atoms with Crippen LogP contribution in [0.25, 0.3) is 0 Å². The van der Waals surface area contributed by atoms with Crippen molar-refractivity contribution in [1.82, 2.24) is 9.97 Å². The van der Waals surface area contributed by atoms with Gasteiger partial charge in [-0.05, 0) is 26.2 Å². The van der Waals surface area contributed by atoms with Gasteiger partial charge in [-0.3, -0.25) is 0 Å². The minimum absolute atomic E-state index is 0.485. The Labute approximate surface area is 84.2 Å². The predicted molar refractivity (Wildman–Crippen MR) is 57.1 cm³/mol. The van der Waals surface area contributed by atoms with Crippen molar-refractivity contribution in [1.29, 1.82) is 0 Å². The standard InChI is InChI=1S/C10H16N4/c1-8-4-2-3-5-14(8)10-7-12-9(11)6-13-10/h6-8H,2-5H2,1H3,(H2,11,12). The summed E-state index contributed by atoms with van der Waals surface area (Å²) in [6.07, 6.45) is 7.19.